The molecule has 3 heteroatoms. The van der Waals surface area contributed by atoms with E-state index in [0.29, 0.717) is 6.04 Å². The highest BCUT2D eigenvalue weighted by atomic mass is 32.1. The Labute approximate surface area is 146 Å². The third-order valence-corrected chi connectivity index (χ3v) is 5.84. The van der Waals surface area contributed by atoms with Crippen LogP contribution in [0.1, 0.15) is 42.5 Å². The van der Waals surface area contributed by atoms with Crippen LogP contribution < -0.4 is 5.32 Å². The van der Waals surface area contributed by atoms with Crippen LogP contribution in [0.5, 0.6) is 0 Å². The minimum absolute atomic E-state index is 0.0589. The van der Waals surface area contributed by atoms with E-state index in [1.807, 2.05) is 12.1 Å². The summed E-state index contributed by atoms with van der Waals surface area (Å²) in [6.45, 7) is 0. The fraction of sp³-hybridized carbons (Fsp3) is 0.286. The van der Waals surface area contributed by atoms with Gasteiger partial charge in [-0.15, -0.1) is 11.3 Å². The van der Waals surface area contributed by atoms with Crippen LogP contribution in [0.3, 0.4) is 0 Å². The molecule has 0 atom stereocenters. The highest BCUT2D eigenvalue weighted by Gasteiger charge is 2.16. The van der Waals surface area contributed by atoms with E-state index in [4.69, 9.17) is 0 Å². The predicted molar refractivity (Wildman–Crippen MR) is 102 cm³/mol. The van der Waals surface area contributed by atoms with Crippen LogP contribution in [0, 0.1) is 0 Å². The van der Waals surface area contributed by atoms with Gasteiger partial charge in [0.1, 0.15) is 0 Å². The van der Waals surface area contributed by atoms with Crippen LogP contribution in [-0.2, 0) is 0 Å². The van der Waals surface area contributed by atoms with Gasteiger partial charge in [-0.1, -0.05) is 49.6 Å². The predicted octanol–water partition coefficient (Wildman–Crippen LogP) is 5.63. The van der Waals surface area contributed by atoms with Crippen molar-refractivity contribution in [1.82, 2.24) is 5.32 Å². The number of carbonyl (C=O) groups excluding carboxylic acids is 1. The van der Waals surface area contributed by atoms with Crippen LogP contribution in [0.25, 0.3) is 21.2 Å². The van der Waals surface area contributed by atoms with E-state index in [9.17, 15) is 4.79 Å². The first kappa shape index (κ1) is 15.4. The smallest absolute Gasteiger partial charge is 0.251 e. The van der Waals surface area contributed by atoms with Crippen molar-refractivity contribution < 1.29 is 4.79 Å². The minimum atomic E-state index is 0.0589. The van der Waals surface area contributed by atoms with Crippen LogP contribution >= 0.6 is 11.3 Å². The van der Waals surface area contributed by atoms with Gasteiger partial charge in [0.15, 0.2) is 0 Å². The molecule has 122 valence electrons. The van der Waals surface area contributed by atoms with E-state index >= 15 is 0 Å². The van der Waals surface area contributed by atoms with Gasteiger partial charge in [-0.25, -0.2) is 0 Å². The van der Waals surface area contributed by atoms with Crippen LogP contribution in [0.2, 0.25) is 0 Å². The van der Waals surface area contributed by atoms with E-state index in [1.54, 1.807) is 11.3 Å². The molecule has 1 heterocycles. The number of nitrogens with one attached hydrogen (secondary N) is 1. The van der Waals surface area contributed by atoms with Crippen LogP contribution in [0.4, 0.5) is 0 Å². The average molecular weight is 335 g/mol. The van der Waals surface area contributed by atoms with E-state index in [2.05, 4.69) is 47.1 Å². The van der Waals surface area contributed by atoms with Crippen molar-refractivity contribution in [3.05, 3.63) is 59.5 Å². The number of benzene rings is 2. The van der Waals surface area contributed by atoms with Gasteiger partial charge < -0.3 is 5.32 Å². The van der Waals surface area contributed by atoms with Crippen LogP contribution in [-0.4, -0.2) is 11.9 Å². The number of hydrogen-bond donors (Lipinski definition) is 1. The largest absolute Gasteiger partial charge is 0.349 e. The lowest BCUT2D eigenvalue weighted by molar-refractivity contribution is 0.0928. The summed E-state index contributed by atoms with van der Waals surface area (Å²) in [7, 11) is 0. The lowest BCUT2D eigenvalue weighted by Crippen LogP contribution is -2.36. The molecule has 0 saturated heterocycles. The minimum Gasteiger partial charge on any atom is -0.349 e. The maximum Gasteiger partial charge on any atom is 0.251 e. The van der Waals surface area contributed by atoms with Gasteiger partial charge in [0.05, 0.1) is 0 Å². The van der Waals surface area contributed by atoms with Crippen molar-refractivity contribution in [2.75, 3.05) is 0 Å². The summed E-state index contributed by atoms with van der Waals surface area (Å²) in [6.07, 6.45) is 6.00. The van der Waals surface area contributed by atoms with Gasteiger partial charge in [0.2, 0.25) is 0 Å². The number of rotatable bonds is 3. The lowest BCUT2D eigenvalue weighted by atomic mass is 9.95. The Morgan fingerprint density at radius 3 is 2.50 bits per heavy atom. The van der Waals surface area contributed by atoms with Crippen molar-refractivity contribution in [2.24, 2.45) is 0 Å². The summed E-state index contributed by atoms with van der Waals surface area (Å²) in [5.74, 6) is 0.0589. The molecule has 1 amide bonds. The van der Waals surface area contributed by atoms with Crippen molar-refractivity contribution in [3.8, 4) is 11.1 Å². The van der Waals surface area contributed by atoms with E-state index in [0.717, 1.165) is 18.4 Å². The molecular formula is C21H21NOS. The normalized spacial score (nSPS) is 15.5. The third-order valence-electron chi connectivity index (χ3n) is 4.88. The first-order valence-electron chi connectivity index (χ1n) is 8.69. The van der Waals surface area contributed by atoms with E-state index in [1.165, 1.54) is 40.5 Å². The zero-order valence-corrected chi connectivity index (χ0v) is 14.4. The van der Waals surface area contributed by atoms with E-state index in [-0.39, 0.29) is 5.91 Å². The molecule has 1 fully saturated rings. The van der Waals surface area contributed by atoms with Crippen LogP contribution in [0.15, 0.2) is 53.9 Å². The molecule has 0 bridgehead atoms. The number of hydrogen-bond acceptors (Lipinski definition) is 2. The number of carbonyl (C=O) groups is 1. The molecule has 0 unspecified atom stereocenters. The van der Waals surface area contributed by atoms with Gasteiger partial charge in [-0.05, 0) is 42.0 Å². The van der Waals surface area contributed by atoms with Crippen molar-refractivity contribution in [1.29, 1.82) is 0 Å². The molecule has 0 radical (unpaired) electrons. The second kappa shape index (κ2) is 6.78. The molecule has 1 aliphatic carbocycles. The average Bonchev–Trinajstić information content (AvgIpc) is 3.07. The first-order chi connectivity index (χ1) is 11.8. The summed E-state index contributed by atoms with van der Waals surface area (Å²) in [4.78, 5) is 12.4. The quantitative estimate of drug-likeness (QED) is 0.660. The zero-order valence-electron chi connectivity index (χ0n) is 13.6. The molecule has 2 nitrogen and oxygen atoms in total. The highest BCUT2D eigenvalue weighted by Crippen LogP contribution is 2.33. The van der Waals surface area contributed by atoms with Gasteiger partial charge in [0.25, 0.3) is 5.91 Å². The topological polar surface area (TPSA) is 29.1 Å². The molecule has 1 saturated carbocycles. The maximum absolute atomic E-state index is 12.4. The van der Waals surface area contributed by atoms with Crippen molar-refractivity contribution in [2.45, 2.75) is 38.1 Å². The second-order valence-corrected chi connectivity index (χ2v) is 7.44. The molecule has 3 aromatic rings. The summed E-state index contributed by atoms with van der Waals surface area (Å²) in [6, 6.07) is 16.8. The Morgan fingerprint density at radius 2 is 1.71 bits per heavy atom. The molecule has 1 aliphatic rings. The number of thiophene rings is 1. The molecular weight excluding hydrogens is 314 g/mol. The standard InChI is InChI=1S/C21H21NOS/c23-21(22-17-6-2-1-3-7-17)16-12-10-15(11-13-16)19-14-24-20-9-5-4-8-18(19)20/h4-5,8-14,17H,1-3,6-7H2,(H,22,23). The lowest BCUT2D eigenvalue weighted by Gasteiger charge is -2.22. The Kier molecular flexibility index (Phi) is 4.35. The summed E-state index contributed by atoms with van der Waals surface area (Å²) >= 11 is 1.76. The first-order valence-corrected chi connectivity index (χ1v) is 9.57. The number of fused-ring (bicyclic) bond motifs is 1. The fourth-order valence-corrected chi connectivity index (χ4v) is 4.49. The van der Waals surface area contributed by atoms with Crippen molar-refractivity contribution in [3.63, 3.8) is 0 Å². The summed E-state index contributed by atoms with van der Waals surface area (Å²) in [5, 5.41) is 6.66. The Balaban J connectivity index is 1.53. The van der Waals surface area contributed by atoms with Gasteiger partial charge >= 0.3 is 0 Å². The summed E-state index contributed by atoms with van der Waals surface area (Å²) < 4.78 is 1.30. The van der Waals surface area contributed by atoms with E-state index < -0.39 is 0 Å². The SMILES string of the molecule is O=C(NC1CCCCC1)c1ccc(-c2csc3ccccc23)cc1. The van der Waals surface area contributed by atoms with Gasteiger partial charge in [-0.2, -0.15) is 0 Å². The molecule has 1 aromatic heterocycles. The Bertz CT molecular complexity index is 844. The molecule has 1 N–H and O–H groups in total. The molecule has 0 aliphatic heterocycles. The number of amides is 1. The van der Waals surface area contributed by atoms with Crippen molar-refractivity contribution >= 4 is 27.3 Å². The fourth-order valence-electron chi connectivity index (χ4n) is 3.52. The monoisotopic (exact) mass is 335 g/mol. The van der Waals surface area contributed by atoms with Gasteiger partial charge in [-0.3, -0.25) is 4.79 Å². The Morgan fingerprint density at radius 1 is 0.958 bits per heavy atom. The Hall–Kier alpha value is -2.13. The molecule has 4 rings (SSSR count). The molecule has 24 heavy (non-hydrogen) atoms. The third kappa shape index (κ3) is 3.09. The maximum atomic E-state index is 12.4. The molecule has 0 spiro atoms. The highest BCUT2D eigenvalue weighted by molar-refractivity contribution is 7.17. The second-order valence-electron chi connectivity index (χ2n) is 6.53. The zero-order chi connectivity index (χ0) is 16.4. The van der Waals surface area contributed by atoms with Gasteiger partial charge in [0, 0.05) is 27.3 Å². The summed E-state index contributed by atoms with van der Waals surface area (Å²) in [5.41, 5.74) is 3.17. The molecule has 2 aromatic carbocycles.